The molecule has 0 aromatic heterocycles. The first-order chi connectivity index (χ1) is 7.85. The van der Waals surface area contributed by atoms with Crippen molar-refractivity contribution in [3.8, 4) is 0 Å². The van der Waals surface area contributed by atoms with Crippen LogP contribution in [0.4, 0.5) is 4.79 Å². The van der Waals surface area contributed by atoms with Crippen LogP contribution in [0.2, 0.25) is 0 Å². The molecule has 0 saturated carbocycles. The molecule has 0 fully saturated rings. The summed E-state index contributed by atoms with van der Waals surface area (Å²) in [4.78, 5) is 11.3. The molecular weight excluding hydrogens is 218 g/mol. The third kappa shape index (κ3) is 11.5. The van der Waals surface area contributed by atoms with Crippen molar-refractivity contribution in [1.82, 2.24) is 5.32 Å². The van der Waals surface area contributed by atoms with Gasteiger partial charge in [-0.25, -0.2) is 4.79 Å². The molecule has 0 rings (SSSR count). The smallest absolute Gasteiger partial charge is 0.407 e. The molecule has 1 atom stereocenters. The molecule has 2 N–H and O–H groups in total. The van der Waals surface area contributed by atoms with E-state index in [0.717, 1.165) is 32.1 Å². The molecule has 0 aliphatic carbocycles. The molecule has 0 aromatic carbocycles. The van der Waals surface area contributed by atoms with E-state index in [2.05, 4.69) is 12.2 Å². The Morgan fingerprint density at radius 1 is 1.29 bits per heavy atom. The van der Waals surface area contributed by atoms with Crippen LogP contribution in [0.3, 0.4) is 0 Å². The topological polar surface area (TPSA) is 58.6 Å². The summed E-state index contributed by atoms with van der Waals surface area (Å²) in [7, 11) is 0. The average Bonchev–Trinajstić information content (AvgIpc) is 2.19. The van der Waals surface area contributed by atoms with Gasteiger partial charge in [-0.2, -0.15) is 0 Å². The molecule has 4 heteroatoms. The van der Waals surface area contributed by atoms with E-state index in [1.54, 1.807) is 0 Å². The highest BCUT2D eigenvalue weighted by Gasteiger charge is 2.15. The minimum absolute atomic E-state index is 0.240. The average molecular weight is 245 g/mol. The molecule has 0 heterocycles. The molecular formula is C13H27NO3. The quantitative estimate of drug-likeness (QED) is 0.678. The van der Waals surface area contributed by atoms with Crippen LogP contribution in [-0.4, -0.2) is 29.4 Å². The summed E-state index contributed by atoms with van der Waals surface area (Å²) < 4.78 is 5.10. The van der Waals surface area contributed by atoms with Crippen LogP contribution in [0.25, 0.3) is 0 Å². The number of rotatable bonds is 7. The molecule has 0 aromatic rings. The Balaban J connectivity index is 3.48. The lowest BCUT2D eigenvalue weighted by Crippen LogP contribution is -2.33. The lowest BCUT2D eigenvalue weighted by molar-refractivity contribution is 0.0523. The summed E-state index contributed by atoms with van der Waals surface area (Å²) >= 11 is 0. The van der Waals surface area contributed by atoms with Crippen molar-refractivity contribution in [2.75, 3.05) is 6.54 Å². The van der Waals surface area contributed by atoms with E-state index >= 15 is 0 Å². The Hall–Kier alpha value is -0.770. The van der Waals surface area contributed by atoms with Crippen LogP contribution in [0.5, 0.6) is 0 Å². The van der Waals surface area contributed by atoms with Crippen LogP contribution in [0, 0.1) is 0 Å². The van der Waals surface area contributed by atoms with E-state index in [-0.39, 0.29) is 12.2 Å². The van der Waals surface area contributed by atoms with Crippen LogP contribution < -0.4 is 5.32 Å². The zero-order chi connectivity index (χ0) is 13.3. The van der Waals surface area contributed by atoms with Crippen molar-refractivity contribution in [2.24, 2.45) is 0 Å². The van der Waals surface area contributed by atoms with Gasteiger partial charge in [-0.15, -0.1) is 0 Å². The molecule has 0 unspecified atom stereocenters. The second-order valence-electron chi connectivity index (χ2n) is 5.37. The van der Waals surface area contributed by atoms with Crippen LogP contribution in [-0.2, 0) is 4.74 Å². The number of nitrogens with one attached hydrogen (secondary N) is 1. The number of ether oxygens (including phenoxy) is 1. The molecule has 4 nitrogen and oxygen atoms in total. The van der Waals surface area contributed by atoms with Gasteiger partial charge in [0.05, 0.1) is 6.10 Å². The lowest BCUT2D eigenvalue weighted by Gasteiger charge is -2.19. The molecule has 17 heavy (non-hydrogen) atoms. The number of aliphatic hydroxyl groups is 1. The number of aliphatic hydroxyl groups excluding tert-OH is 1. The van der Waals surface area contributed by atoms with Crippen LogP contribution in [0.15, 0.2) is 0 Å². The normalized spacial score (nSPS) is 13.2. The van der Waals surface area contributed by atoms with Gasteiger partial charge in [0.1, 0.15) is 5.60 Å². The van der Waals surface area contributed by atoms with Gasteiger partial charge in [0.2, 0.25) is 0 Å². The van der Waals surface area contributed by atoms with Crippen molar-refractivity contribution in [2.45, 2.75) is 71.5 Å². The summed E-state index contributed by atoms with van der Waals surface area (Å²) in [6.45, 7) is 8.16. The van der Waals surface area contributed by atoms with Crippen molar-refractivity contribution in [3.05, 3.63) is 0 Å². The number of hydrogen-bond donors (Lipinski definition) is 2. The van der Waals surface area contributed by atoms with Gasteiger partial charge in [-0.3, -0.25) is 0 Å². The zero-order valence-electron chi connectivity index (χ0n) is 11.6. The number of carbonyl (C=O) groups excluding carboxylic acids is 1. The van der Waals surface area contributed by atoms with Crippen molar-refractivity contribution in [3.63, 3.8) is 0 Å². The number of alkyl carbamates (subject to hydrolysis) is 1. The molecule has 0 aliphatic heterocycles. The fourth-order valence-electron chi connectivity index (χ4n) is 1.43. The first-order valence-corrected chi connectivity index (χ1v) is 6.50. The van der Waals surface area contributed by atoms with Crippen LogP contribution in [0.1, 0.15) is 59.8 Å². The van der Waals surface area contributed by atoms with E-state index in [4.69, 9.17) is 4.74 Å². The molecule has 0 spiro atoms. The summed E-state index contributed by atoms with van der Waals surface area (Å²) in [5.41, 5.74) is -0.454. The van der Waals surface area contributed by atoms with Gasteiger partial charge in [-0.05, 0) is 40.0 Å². The predicted octanol–water partition coefficient (Wildman–Crippen LogP) is 2.84. The number of hydrogen-bond acceptors (Lipinski definition) is 3. The van der Waals surface area contributed by atoms with E-state index in [9.17, 15) is 9.90 Å². The second kappa shape index (κ2) is 8.34. The molecule has 1 amide bonds. The third-order valence-electron chi connectivity index (χ3n) is 2.27. The van der Waals surface area contributed by atoms with Crippen LogP contribution >= 0.6 is 0 Å². The van der Waals surface area contributed by atoms with Gasteiger partial charge >= 0.3 is 6.09 Å². The van der Waals surface area contributed by atoms with E-state index < -0.39 is 5.60 Å². The highest BCUT2D eigenvalue weighted by Crippen LogP contribution is 2.07. The van der Waals surface area contributed by atoms with E-state index in [1.807, 2.05) is 20.8 Å². The highest BCUT2D eigenvalue weighted by molar-refractivity contribution is 5.67. The maximum Gasteiger partial charge on any atom is 0.407 e. The third-order valence-corrected chi connectivity index (χ3v) is 2.27. The van der Waals surface area contributed by atoms with E-state index in [1.165, 1.54) is 0 Å². The van der Waals surface area contributed by atoms with Crippen molar-refractivity contribution < 1.29 is 14.6 Å². The van der Waals surface area contributed by atoms with Crippen molar-refractivity contribution >= 4 is 6.09 Å². The van der Waals surface area contributed by atoms with Gasteiger partial charge < -0.3 is 15.2 Å². The Labute approximate surface area is 105 Å². The SMILES string of the molecule is CCCC[C@H](O)CCCNC(=O)OC(C)(C)C. The fraction of sp³-hybridized carbons (Fsp3) is 0.923. The standard InChI is InChI=1S/C13H27NO3/c1-5-6-8-11(15)9-7-10-14-12(16)17-13(2,3)4/h11,15H,5-10H2,1-4H3,(H,14,16)/t11-/m0/s1. The second-order valence-corrected chi connectivity index (χ2v) is 5.37. The van der Waals surface area contributed by atoms with Gasteiger partial charge in [0, 0.05) is 6.54 Å². The molecule has 0 saturated heterocycles. The maximum atomic E-state index is 11.3. The number of carbonyl (C=O) groups is 1. The van der Waals surface area contributed by atoms with Gasteiger partial charge in [0.15, 0.2) is 0 Å². The first kappa shape index (κ1) is 16.2. The fourth-order valence-corrected chi connectivity index (χ4v) is 1.43. The Morgan fingerprint density at radius 2 is 1.88 bits per heavy atom. The maximum absolute atomic E-state index is 11.3. The molecule has 0 radical (unpaired) electrons. The summed E-state index contributed by atoms with van der Waals surface area (Å²) in [5.74, 6) is 0. The summed E-state index contributed by atoms with van der Waals surface area (Å²) in [6.07, 6.45) is 3.90. The Bertz CT molecular complexity index is 211. The molecule has 0 bridgehead atoms. The lowest BCUT2D eigenvalue weighted by atomic mass is 10.1. The minimum Gasteiger partial charge on any atom is -0.444 e. The zero-order valence-corrected chi connectivity index (χ0v) is 11.6. The molecule has 102 valence electrons. The minimum atomic E-state index is -0.454. The van der Waals surface area contributed by atoms with Crippen molar-refractivity contribution in [1.29, 1.82) is 0 Å². The monoisotopic (exact) mass is 245 g/mol. The summed E-state index contributed by atoms with van der Waals surface area (Å²) in [5, 5.41) is 12.3. The summed E-state index contributed by atoms with van der Waals surface area (Å²) in [6, 6.07) is 0. The van der Waals surface area contributed by atoms with Gasteiger partial charge in [0.25, 0.3) is 0 Å². The number of unbranched alkanes of at least 4 members (excludes halogenated alkanes) is 1. The predicted molar refractivity (Wildman–Crippen MR) is 69.0 cm³/mol. The van der Waals surface area contributed by atoms with Gasteiger partial charge in [-0.1, -0.05) is 19.8 Å². The Kier molecular flexibility index (Phi) is 7.96. The first-order valence-electron chi connectivity index (χ1n) is 6.50. The highest BCUT2D eigenvalue weighted by atomic mass is 16.6. The number of amides is 1. The molecule has 0 aliphatic rings. The Morgan fingerprint density at radius 3 is 2.41 bits per heavy atom. The largest absolute Gasteiger partial charge is 0.444 e. The van der Waals surface area contributed by atoms with E-state index in [0.29, 0.717) is 6.54 Å².